The van der Waals surface area contributed by atoms with Gasteiger partial charge in [-0.2, -0.15) is 0 Å². The van der Waals surface area contributed by atoms with Crippen LogP contribution in [0.3, 0.4) is 0 Å². The van der Waals surface area contributed by atoms with Crippen LogP contribution in [0.4, 0.5) is 0 Å². The lowest BCUT2D eigenvalue weighted by atomic mass is 9.53. The molecule has 128 valence electrons. The van der Waals surface area contributed by atoms with E-state index in [4.69, 9.17) is 14.2 Å². The minimum atomic E-state index is -1.04. The van der Waals surface area contributed by atoms with Crippen LogP contribution in [0.15, 0.2) is 17.4 Å². The maximum atomic E-state index is 11.6. The molecule has 1 unspecified atom stereocenters. The second-order valence-corrected chi connectivity index (χ2v) is 6.87. The van der Waals surface area contributed by atoms with Crippen LogP contribution in [0.2, 0.25) is 0 Å². The molecule has 1 aliphatic heterocycles. The van der Waals surface area contributed by atoms with Crippen molar-refractivity contribution < 1.29 is 24.1 Å². The van der Waals surface area contributed by atoms with E-state index in [9.17, 15) is 9.90 Å². The van der Waals surface area contributed by atoms with Gasteiger partial charge in [0.15, 0.2) is 5.79 Å². The molecule has 2 aliphatic carbocycles. The number of carbonyl (C=O) groups excluding carboxylic acids is 1. The lowest BCUT2D eigenvalue weighted by Crippen LogP contribution is -2.65. The van der Waals surface area contributed by atoms with Crippen LogP contribution in [0.5, 0.6) is 0 Å². The van der Waals surface area contributed by atoms with Gasteiger partial charge in [0.2, 0.25) is 0 Å². The van der Waals surface area contributed by atoms with Crippen LogP contribution in [0, 0.1) is 5.41 Å². The third kappa shape index (κ3) is 2.47. The maximum Gasteiger partial charge on any atom is 0.338 e. The zero-order valence-corrected chi connectivity index (χ0v) is 14.0. The van der Waals surface area contributed by atoms with Gasteiger partial charge in [0.1, 0.15) is 5.60 Å². The Kier molecular flexibility index (Phi) is 4.41. The van der Waals surface area contributed by atoms with E-state index in [2.05, 4.69) is 12.7 Å². The molecule has 0 aromatic heterocycles. The third-order valence-electron chi connectivity index (χ3n) is 5.81. The highest BCUT2D eigenvalue weighted by molar-refractivity contribution is 5.81. The van der Waals surface area contributed by atoms with Gasteiger partial charge in [-0.1, -0.05) is 6.92 Å². The number of fused-ring (bicyclic) bond motifs is 2. The molecular weight excluding hydrogens is 296 g/mol. The van der Waals surface area contributed by atoms with Crippen LogP contribution in [-0.2, 0) is 19.0 Å². The summed E-state index contributed by atoms with van der Waals surface area (Å²) < 4.78 is 16.9. The quantitative estimate of drug-likeness (QED) is 0.481. The molecule has 23 heavy (non-hydrogen) atoms. The summed E-state index contributed by atoms with van der Waals surface area (Å²) in [7, 11) is 0. The van der Waals surface area contributed by atoms with Crippen molar-refractivity contribution in [3.05, 3.63) is 17.4 Å². The van der Waals surface area contributed by atoms with Crippen molar-refractivity contribution in [1.29, 1.82) is 0 Å². The van der Waals surface area contributed by atoms with Crippen molar-refractivity contribution in [2.24, 2.45) is 5.41 Å². The first-order valence-corrected chi connectivity index (χ1v) is 8.60. The summed E-state index contributed by atoms with van der Waals surface area (Å²) in [5, 5.41) is 11.5. The average Bonchev–Trinajstić information content (AvgIpc) is 2.98. The predicted molar refractivity (Wildman–Crippen MR) is 83.6 cm³/mol. The summed E-state index contributed by atoms with van der Waals surface area (Å²) in [6, 6.07) is 0. The molecule has 5 heteroatoms. The Labute approximate surface area is 137 Å². The Morgan fingerprint density at radius 3 is 2.74 bits per heavy atom. The largest absolute Gasteiger partial charge is 0.462 e. The van der Waals surface area contributed by atoms with Crippen LogP contribution in [0.1, 0.15) is 52.4 Å². The Hall–Kier alpha value is -1.13. The summed E-state index contributed by atoms with van der Waals surface area (Å²) >= 11 is 0. The molecule has 0 bridgehead atoms. The summed E-state index contributed by atoms with van der Waals surface area (Å²) in [5.41, 5.74) is 2.25. The maximum absolute atomic E-state index is 11.6. The Morgan fingerprint density at radius 1 is 1.30 bits per heavy atom. The summed E-state index contributed by atoms with van der Waals surface area (Å²) in [6.45, 7) is 5.30. The van der Waals surface area contributed by atoms with Gasteiger partial charge < -0.3 is 19.3 Å². The summed E-state index contributed by atoms with van der Waals surface area (Å²) in [6.07, 6.45) is 6.09. The lowest BCUT2D eigenvalue weighted by Gasteiger charge is -2.59. The van der Waals surface area contributed by atoms with E-state index in [0.29, 0.717) is 26.2 Å². The molecule has 3 rings (SSSR count). The standard InChI is InChI=1S/C18H26O5/c1-3-21-15(19)8-7-14-6-4-9-16(2)17(14,20)10-5-11-18(16)22-12-13-23-18/h8,20H,3-6,9-13H2,1-2H3/t7?,16-,17?/m0/s1. The highest BCUT2D eigenvalue weighted by Crippen LogP contribution is 2.61. The van der Waals surface area contributed by atoms with E-state index in [-0.39, 0.29) is 0 Å². The van der Waals surface area contributed by atoms with Crippen molar-refractivity contribution in [3.8, 4) is 0 Å². The zero-order chi connectivity index (χ0) is 16.6. The Balaban J connectivity index is 1.99. The first-order valence-electron chi connectivity index (χ1n) is 8.60. The smallest absolute Gasteiger partial charge is 0.338 e. The van der Waals surface area contributed by atoms with Gasteiger partial charge >= 0.3 is 5.97 Å². The van der Waals surface area contributed by atoms with Crippen LogP contribution >= 0.6 is 0 Å². The van der Waals surface area contributed by atoms with E-state index in [1.54, 1.807) is 6.92 Å². The molecule has 1 N–H and O–H groups in total. The molecule has 3 aliphatic rings. The number of hydrogen-bond acceptors (Lipinski definition) is 5. The van der Waals surface area contributed by atoms with Gasteiger partial charge in [-0.3, -0.25) is 0 Å². The predicted octanol–water partition coefficient (Wildman–Crippen LogP) is 2.48. The summed E-state index contributed by atoms with van der Waals surface area (Å²) in [4.78, 5) is 11.6. The Bertz CT molecular complexity index is 542. The van der Waals surface area contributed by atoms with E-state index < -0.39 is 22.8 Å². The second-order valence-electron chi connectivity index (χ2n) is 6.87. The number of ether oxygens (including phenoxy) is 3. The fourth-order valence-corrected chi connectivity index (χ4v) is 4.59. The molecule has 0 radical (unpaired) electrons. The normalized spacial score (nSPS) is 35.5. The minimum Gasteiger partial charge on any atom is -0.462 e. The molecule has 2 saturated carbocycles. The van der Waals surface area contributed by atoms with Gasteiger partial charge in [-0.15, -0.1) is 5.73 Å². The van der Waals surface area contributed by atoms with E-state index in [0.717, 1.165) is 37.7 Å². The topological polar surface area (TPSA) is 65.0 Å². The SMILES string of the molecule is CCOC(=O)C=C=C1CCC[C@]2(C)C3(CCCC12O)OCCO3. The number of hydrogen-bond donors (Lipinski definition) is 1. The first-order chi connectivity index (χ1) is 11.0. The lowest BCUT2D eigenvalue weighted by molar-refractivity contribution is -0.306. The highest BCUT2D eigenvalue weighted by Gasteiger charge is 2.67. The summed E-state index contributed by atoms with van der Waals surface area (Å²) in [5.74, 6) is -1.13. The first kappa shape index (κ1) is 16.7. The van der Waals surface area contributed by atoms with E-state index in [1.165, 1.54) is 6.08 Å². The average molecular weight is 322 g/mol. The minimum absolute atomic E-state index is 0.332. The monoisotopic (exact) mass is 322 g/mol. The van der Waals surface area contributed by atoms with E-state index >= 15 is 0 Å². The van der Waals surface area contributed by atoms with Crippen molar-refractivity contribution in [1.82, 2.24) is 0 Å². The van der Waals surface area contributed by atoms with Crippen molar-refractivity contribution in [3.63, 3.8) is 0 Å². The third-order valence-corrected chi connectivity index (χ3v) is 5.81. The number of esters is 1. The molecule has 0 amide bonds. The van der Waals surface area contributed by atoms with Crippen molar-refractivity contribution in [2.75, 3.05) is 19.8 Å². The highest BCUT2D eigenvalue weighted by atomic mass is 16.7. The van der Waals surface area contributed by atoms with Crippen LogP contribution < -0.4 is 0 Å². The zero-order valence-electron chi connectivity index (χ0n) is 14.0. The molecule has 5 nitrogen and oxygen atoms in total. The second kappa shape index (κ2) is 6.06. The fourth-order valence-electron chi connectivity index (χ4n) is 4.59. The molecule has 0 aromatic rings. The fraction of sp³-hybridized carbons (Fsp3) is 0.778. The molecule has 3 fully saturated rings. The van der Waals surface area contributed by atoms with Crippen molar-refractivity contribution >= 4 is 5.97 Å². The van der Waals surface area contributed by atoms with Crippen LogP contribution in [0.25, 0.3) is 0 Å². The molecule has 1 saturated heterocycles. The van der Waals surface area contributed by atoms with Gasteiger partial charge in [-0.05, 0) is 39.0 Å². The van der Waals surface area contributed by atoms with Crippen LogP contribution in [-0.4, -0.2) is 42.3 Å². The Morgan fingerprint density at radius 2 is 2.04 bits per heavy atom. The van der Waals surface area contributed by atoms with Crippen molar-refractivity contribution in [2.45, 2.75) is 63.8 Å². The van der Waals surface area contributed by atoms with Gasteiger partial charge in [0, 0.05) is 12.0 Å². The molecule has 1 heterocycles. The van der Waals surface area contributed by atoms with Gasteiger partial charge in [0.05, 0.1) is 31.3 Å². The van der Waals surface area contributed by atoms with Gasteiger partial charge in [-0.25, -0.2) is 4.79 Å². The van der Waals surface area contributed by atoms with Gasteiger partial charge in [0.25, 0.3) is 0 Å². The van der Waals surface area contributed by atoms with E-state index in [1.807, 2.05) is 0 Å². The number of rotatable bonds is 2. The number of carbonyl (C=O) groups is 1. The molecular formula is C18H26O5. The molecule has 2 atom stereocenters. The molecule has 1 spiro atoms. The molecule has 0 aromatic carbocycles. The number of aliphatic hydroxyl groups is 1.